The van der Waals surface area contributed by atoms with Crippen molar-refractivity contribution in [2.75, 3.05) is 11.9 Å². The first-order valence-corrected chi connectivity index (χ1v) is 17.5. The molecule has 0 aliphatic rings. The number of hydrogen-bond acceptors (Lipinski definition) is 10. The van der Waals surface area contributed by atoms with Crippen LogP contribution in [0.4, 0.5) is 5.69 Å². The lowest BCUT2D eigenvalue weighted by molar-refractivity contribution is -0.142. The SMILES string of the molecule is CC(=O)C(CC(=O)O)CC(=O)[C@H](NC(=O)C(CCC(=O)O)CC(=O)C(CC(=O)O)NC(=O)CCC(=O)CCCNc1cccc2ccccc12)C(C)C. The summed E-state index contributed by atoms with van der Waals surface area (Å²) in [6.45, 7) is 4.83. The minimum Gasteiger partial charge on any atom is -0.481 e. The van der Waals surface area contributed by atoms with Crippen molar-refractivity contribution in [2.24, 2.45) is 17.8 Å². The molecule has 3 unspecified atom stereocenters. The lowest BCUT2D eigenvalue weighted by atomic mass is 9.87. The fraction of sp³-hybridized carbons (Fsp3) is 0.500. The van der Waals surface area contributed by atoms with Gasteiger partial charge in [0.15, 0.2) is 11.6 Å². The van der Waals surface area contributed by atoms with Crippen molar-refractivity contribution in [3.8, 4) is 0 Å². The van der Waals surface area contributed by atoms with E-state index in [1.165, 1.54) is 0 Å². The zero-order chi connectivity index (χ0) is 39.7. The van der Waals surface area contributed by atoms with Crippen molar-refractivity contribution in [3.05, 3.63) is 42.5 Å². The summed E-state index contributed by atoms with van der Waals surface area (Å²) in [5.74, 6) is -10.9. The molecule has 15 nitrogen and oxygen atoms in total. The van der Waals surface area contributed by atoms with Crippen molar-refractivity contribution >= 4 is 69.3 Å². The van der Waals surface area contributed by atoms with Crippen molar-refractivity contribution in [1.29, 1.82) is 0 Å². The molecule has 0 spiro atoms. The number of ketones is 4. The van der Waals surface area contributed by atoms with E-state index in [-0.39, 0.29) is 31.5 Å². The number of hydrogen-bond donors (Lipinski definition) is 6. The van der Waals surface area contributed by atoms with Crippen LogP contribution in [0.5, 0.6) is 0 Å². The maximum atomic E-state index is 13.4. The van der Waals surface area contributed by atoms with Gasteiger partial charge in [-0.25, -0.2) is 0 Å². The van der Waals surface area contributed by atoms with Crippen molar-refractivity contribution in [1.82, 2.24) is 10.6 Å². The van der Waals surface area contributed by atoms with Crippen LogP contribution in [0.3, 0.4) is 0 Å². The molecule has 0 aliphatic carbocycles. The Kier molecular flexibility index (Phi) is 18.0. The second-order valence-electron chi connectivity index (χ2n) is 13.4. The number of benzene rings is 2. The number of carboxylic acids is 3. The summed E-state index contributed by atoms with van der Waals surface area (Å²) in [5, 5.41) is 38.0. The van der Waals surface area contributed by atoms with Gasteiger partial charge in [0.05, 0.1) is 24.9 Å². The van der Waals surface area contributed by atoms with Crippen LogP contribution in [-0.4, -0.2) is 86.8 Å². The predicted molar refractivity (Wildman–Crippen MR) is 193 cm³/mol. The third-order valence-corrected chi connectivity index (χ3v) is 8.75. The molecule has 0 aromatic heterocycles. The molecule has 0 radical (unpaired) electrons. The predicted octanol–water partition coefficient (Wildman–Crippen LogP) is 3.56. The van der Waals surface area contributed by atoms with E-state index in [9.17, 15) is 53.4 Å². The molecule has 2 amide bonds. The number of nitrogens with one attached hydrogen (secondary N) is 3. The van der Waals surface area contributed by atoms with Crippen LogP contribution in [0.25, 0.3) is 10.8 Å². The molecule has 2 aromatic rings. The molecule has 6 N–H and O–H groups in total. The smallest absolute Gasteiger partial charge is 0.305 e. The van der Waals surface area contributed by atoms with Crippen molar-refractivity contribution < 1.29 is 58.5 Å². The molecule has 0 heterocycles. The quantitative estimate of drug-likeness (QED) is 0.0756. The molecule has 2 aromatic carbocycles. The Morgan fingerprint density at radius 3 is 1.92 bits per heavy atom. The van der Waals surface area contributed by atoms with Crippen LogP contribution in [0.15, 0.2) is 42.5 Å². The summed E-state index contributed by atoms with van der Waals surface area (Å²) in [6.07, 6.45) is -3.29. The van der Waals surface area contributed by atoms with E-state index in [2.05, 4.69) is 16.0 Å². The average molecular weight is 740 g/mol. The number of aliphatic carboxylic acids is 3. The maximum absolute atomic E-state index is 13.4. The summed E-state index contributed by atoms with van der Waals surface area (Å²) >= 11 is 0. The van der Waals surface area contributed by atoms with Crippen LogP contribution < -0.4 is 16.0 Å². The minimum absolute atomic E-state index is 0.153. The highest BCUT2D eigenvalue weighted by molar-refractivity contribution is 5.98. The highest BCUT2D eigenvalue weighted by Crippen LogP contribution is 2.23. The Balaban J connectivity index is 2.01. The lowest BCUT2D eigenvalue weighted by Gasteiger charge is -2.26. The molecule has 0 saturated heterocycles. The third kappa shape index (κ3) is 15.8. The van der Waals surface area contributed by atoms with Gasteiger partial charge in [-0.15, -0.1) is 0 Å². The van der Waals surface area contributed by atoms with Crippen molar-refractivity contribution in [3.63, 3.8) is 0 Å². The fourth-order valence-electron chi connectivity index (χ4n) is 5.79. The van der Waals surface area contributed by atoms with Gasteiger partial charge in [0.1, 0.15) is 11.6 Å². The van der Waals surface area contributed by atoms with Gasteiger partial charge in [0.25, 0.3) is 0 Å². The van der Waals surface area contributed by atoms with Gasteiger partial charge in [-0.05, 0) is 37.1 Å². The van der Waals surface area contributed by atoms with Crippen LogP contribution in [0.2, 0.25) is 0 Å². The standard InChI is InChI=1S/C38H49N3O12/c1-22(2)37(32(45)19-26(23(3)42)20-35(49)50)41-38(53)25(13-16-34(47)48)18-31(44)30(21-36(51)52)40-33(46)15-14-27(43)10-7-17-39-29-12-6-9-24-8-4-5-11-28(24)29/h4-6,8-9,11-12,22,25-26,30,37,39H,7,10,13-21H2,1-3H3,(H,40,46)(H,41,53)(H,47,48)(H,49,50)(H,51,52)/t25?,26?,30?,37-/m1/s1. The van der Waals surface area contributed by atoms with E-state index in [1.54, 1.807) is 13.8 Å². The summed E-state index contributed by atoms with van der Waals surface area (Å²) in [5.41, 5.74) is 0.927. The van der Waals surface area contributed by atoms with Gasteiger partial charge >= 0.3 is 17.9 Å². The number of carboxylic acid groups (broad SMARTS) is 3. The molecule has 4 atom stereocenters. The highest BCUT2D eigenvalue weighted by Gasteiger charge is 2.34. The molecule has 0 aliphatic heterocycles. The van der Waals surface area contributed by atoms with E-state index in [0.717, 1.165) is 23.4 Å². The Morgan fingerprint density at radius 1 is 0.660 bits per heavy atom. The van der Waals surface area contributed by atoms with E-state index < -0.39 is 109 Å². The first kappa shape index (κ1) is 43.7. The van der Waals surface area contributed by atoms with Gasteiger partial charge in [-0.2, -0.15) is 0 Å². The summed E-state index contributed by atoms with van der Waals surface area (Å²) in [7, 11) is 0. The second-order valence-corrected chi connectivity index (χ2v) is 13.4. The highest BCUT2D eigenvalue weighted by atomic mass is 16.4. The zero-order valence-electron chi connectivity index (χ0n) is 30.2. The number of fused-ring (bicyclic) bond motifs is 1. The molecular formula is C38H49N3O12. The Hall–Kier alpha value is -5.47. The molecule has 0 saturated carbocycles. The van der Waals surface area contributed by atoms with Crippen LogP contribution >= 0.6 is 0 Å². The third-order valence-electron chi connectivity index (χ3n) is 8.75. The maximum Gasteiger partial charge on any atom is 0.305 e. The van der Waals surface area contributed by atoms with E-state index in [0.29, 0.717) is 13.0 Å². The van der Waals surface area contributed by atoms with Gasteiger partial charge in [0.2, 0.25) is 11.8 Å². The topological polar surface area (TPSA) is 250 Å². The van der Waals surface area contributed by atoms with E-state index >= 15 is 0 Å². The monoisotopic (exact) mass is 739 g/mol. The number of Topliss-reactive ketones (excluding diaryl/α,β-unsaturated/α-hetero) is 4. The van der Waals surface area contributed by atoms with Crippen LogP contribution in [0.1, 0.15) is 85.0 Å². The van der Waals surface area contributed by atoms with Crippen LogP contribution in [-0.2, 0) is 43.2 Å². The summed E-state index contributed by atoms with van der Waals surface area (Å²) in [6, 6.07) is 10.9. The zero-order valence-corrected chi connectivity index (χ0v) is 30.2. The normalized spacial score (nSPS) is 13.3. The molecule has 288 valence electrons. The van der Waals surface area contributed by atoms with Gasteiger partial charge in [-0.3, -0.25) is 43.2 Å². The number of rotatable bonds is 26. The molecule has 15 heteroatoms. The second kappa shape index (κ2) is 21.8. The Labute approximate surface area is 307 Å². The summed E-state index contributed by atoms with van der Waals surface area (Å²) < 4.78 is 0. The Bertz CT molecular complexity index is 1670. The van der Waals surface area contributed by atoms with E-state index in [4.69, 9.17) is 5.11 Å². The van der Waals surface area contributed by atoms with E-state index in [1.807, 2.05) is 42.5 Å². The van der Waals surface area contributed by atoms with Gasteiger partial charge in [-0.1, -0.05) is 50.2 Å². The van der Waals surface area contributed by atoms with Gasteiger partial charge in [0, 0.05) is 68.0 Å². The molecule has 0 bridgehead atoms. The number of amides is 2. The number of anilines is 1. The lowest BCUT2D eigenvalue weighted by Crippen LogP contribution is -2.49. The first-order valence-electron chi connectivity index (χ1n) is 17.5. The largest absolute Gasteiger partial charge is 0.481 e. The minimum atomic E-state index is -1.59. The first-order chi connectivity index (χ1) is 25.0. The number of carbonyl (C=O) groups is 9. The number of carbonyl (C=O) groups excluding carboxylic acids is 6. The van der Waals surface area contributed by atoms with Gasteiger partial charge < -0.3 is 31.3 Å². The van der Waals surface area contributed by atoms with Crippen LogP contribution in [0, 0.1) is 17.8 Å². The fourth-order valence-corrected chi connectivity index (χ4v) is 5.79. The molecular weight excluding hydrogens is 690 g/mol. The molecule has 53 heavy (non-hydrogen) atoms. The van der Waals surface area contributed by atoms with Crippen molar-refractivity contribution in [2.45, 2.75) is 97.1 Å². The average Bonchev–Trinajstić information content (AvgIpc) is 3.08. The Morgan fingerprint density at radius 2 is 1.30 bits per heavy atom. The summed E-state index contributed by atoms with van der Waals surface area (Å²) in [4.78, 5) is 111. The molecule has 0 fully saturated rings. The molecule has 2 rings (SSSR count).